The fourth-order valence-corrected chi connectivity index (χ4v) is 3.29. The monoisotopic (exact) mass is 606 g/mol. The number of hydrogen-bond donors (Lipinski definition) is 3. The predicted octanol–water partition coefficient (Wildman–Crippen LogP) is 4.00. The Morgan fingerprint density at radius 3 is 1.72 bits per heavy atom. The second-order valence-corrected chi connectivity index (χ2v) is 9.90. The van der Waals surface area contributed by atoms with Gasteiger partial charge in [-0.3, -0.25) is 0 Å². The van der Waals surface area contributed by atoms with Crippen LogP contribution in [0, 0.1) is 0 Å². The van der Waals surface area contributed by atoms with Crippen molar-refractivity contribution in [3.63, 3.8) is 0 Å². The first-order valence-electron chi connectivity index (χ1n) is 14.4. The molecule has 0 saturated heterocycles. The van der Waals surface area contributed by atoms with Gasteiger partial charge in [0.15, 0.2) is 0 Å². The summed E-state index contributed by atoms with van der Waals surface area (Å²) in [6.07, 6.45) is 2.80. The molecule has 0 aliphatic heterocycles. The van der Waals surface area contributed by atoms with E-state index in [1.54, 1.807) is 26.0 Å². The molecular weight excluding hydrogens is 560 g/mol. The molecule has 0 saturated carbocycles. The van der Waals surface area contributed by atoms with Crippen LogP contribution < -0.4 is 15.4 Å². The fraction of sp³-hybridized carbons (Fsp3) is 0.548. The molecule has 12 heteroatoms. The molecule has 0 heterocycles. The minimum Gasteiger partial charge on any atom is -0.491 e. The minimum absolute atomic E-state index is 0.0571. The van der Waals surface area contributed by atoms with Crippen molar-refractivity contribution in [2.45, 2.75) is 64.9 Å². The van der Waals surface area contributed by atoms with E-state index < -0.39 is 30.2 Å². The van der Waals surface area contributed by atoms with Crippen LogP contribution in [0.4, 0.5) is 9.59 Å². The van der Waals surface area contributed by atoms with Gasteiger partial charge in [0.05, 0.1) is 19.8 Å². The van der Waals surface area contributed by atoms with E-state index in [4.69, 9.17) is 23.7 Å². The van der Waals surface area contributed by atoms with E-state index in [0.717, 1.165) is 24.8 Å². The maximum absolute atomic E-state index is 11.8. The van der Waals surface area contributed by atoms with Gasteiger partial charge in [0.2, 0.25) is 0 Å². The summed E-state index contributed by atoms with van der Waals surface area (Å²) in [5, 5.41) is 15.3. The molecule has 1 aromatic rings. The van der Waals surface area contributed by atoms with Crippen LogP contribution in [0.25, 0.3) is 0 Å². The Hall–Kier alpha value is -4.06. The van der Waals surface area contributed by atoms with E-state index in [-0.39, 0.29) is 19.8 Å². The number of nitrogens with one attached hydrogen (secondary N) is 2. The number of benzene rings is 1. The van der Waals surface area contributed by atoms with Crippen molar-refractivity contribution in [3.8, 4) is 5.75 Å². The summed E-state index contributed by atoms with van der Waals surface area (Å²) in [6, 6.07) is 7.14. The molecule has 43 heavy (non-hydrogen) atoms. The van der Waals surface area contributed by atoms with Crippen molar-refractivity contribution in [3.05, 3.63) is 54.1 Å². The Morgan fingerprint density at radius 2 is 1.21 bits per heavy atom. The van der Waals surface area contributed by atoms with E-state index in [9.17, 15) is 24.3 Å². The summed E-state index contributed by atoms with van der Waals surface area (Å²) in [4.78, 5) is 46.1. The van der Waals surface area contributed by atoms with Crippen molar-refractivity contribution in [1.82, 2.24) is 10.6 Å². The molecule has 0 aliphatic carbocycles. The molecule has 0 aliphatic rings. The van der Waals surface area contributed by atoms with Gasteiger partial charge in [0.25, 0.3) is 0 Å². The highest BCUT2D eigenvalue weighted by molar-refractivity contribution is 5.87. The van der Waals surface area contributed by atoms with Crippen LogP contribution in [0.1, 0.15) is 57.9 Å². The first-order chi connectivity index (χ1) is 20.6. The number of carbonyl (C=O) groups is 4. The third-order valence-electron chi connectivity index (χ3n) is 5.74. The molecule has 0 fully saturated rings. The maximum atomic E-state index is 11.8. The molecule has 0 spiro atoms. The standard InChI is InChI=1S/C31H46N2O10/c1-23(2)28(35)39-18-9-5-7-16-32-30(37)41-20-15-25-11-13-27(14-12-25)42-21-26(34)22-43-31(38)33-17-8-6-10-19-40-29(36)24(3)4/h11-14,26,34H,1,3,5-10,15-22H2,2,4H3,(H,32,37)(H,33,38). The highest BCUT2D eigenvalue weighted by Crippen LogP contribution is 2.13. The number of rotatable bonds is 22. The van der Waals surface area contributed by atoms with E-state index >= 15 is 0 Å². The molecule has 240 valence electrons. The van der Waals surface area contributed by atoms with Gasteiger partial charge >= 0.3 is 24.1 Å². The number of carbonyl (C=O) groups excluding carboxylic acids is 4. The summed E-state index contributed by atoms with van der Waals surface area (Å²) in [5.74, 6) is -0.268. The zero-order valence-electron chi connectivity index (χ0n) is 25.3. The topological polar surface area (TPSA) is 159 Å². The number of amides is 2. The van der Waals surface area contributed by atoms with Gasteiger partial charge in [0, 0.05) is 30.7 Å². The number of ether oxygens (including phenoxy) is 5. The van der Waals surface area contributed by atoms with Crippen LogP contribution in [0.3, 0.4) is 0 Å². The van der Waals surface area contributed by atoms with Crippen molar-refractivity contribution in [2.75, 3.05) is 46.1 Å². The summed E-state index contributed by atoms with van der Waals surface area (Å²) in [6.45, 7) is 11.7. The number of alkyl carbamates (subject to hydrolysis) is 2. The number of aliphatic hydroxyl groups is 1. The second kappa shape index (κ2) is 22.5. The number of hydrogen-bond acceptors (Lipinski definition) is 10. The van der Waals surface area contributed by atoms with E-state index in [0.29, 0.717) is 68.9 Å². The molecule has 0 bridgehead atoms. The molecule has 0 aromatic heterocycles. The number of aliphatic hydroxyl groups excluding tert-OH is 1. The Bertz CT molecular complexity index is 1030. The lowest BCUT2D eigenvalue weighted by Gasteiger charge is -2.13. The predicted molar refractivity (Wildman–Crippen MR) is 160 cm³/mol. The molecule has 1 unspecified atom stereocenters. The van der Waals surface area contributed by atoms with Crippen molar-refractivity contribution in [2.24, 2.45) is 0 Å². The Labute approximate surface area is 253 Å². The smallest absolute Gasteiger partial charge is 0.407 e. The first kappa shape index (κ1) is 37.0. The van der Waals surface area contributed by atoms with Gasteiger partial charge in [0.1, 0.15) is 25.1 Å². The zero-order valence-corrected chi connectivity index (χ0v) is 25.3. The van der Waals surface area contributed by atoms with Crippen LogP contribution in [0.5, 0.6) is 5.75 Å². The van der Waals surface area contributed by atoms with Gasteiger partial charge in [-0.25, -0.2) is 19.2 Å². The summed E-state index contributed by atoms with van der Waals surface area (Å²) in [5.41, 5.74) is 1.67. The zero-order chi connectivity index (χ0) is 31.9. The summed E-state index contributed by atoms with van der Waals surface area (Å²) in [7, 11) is 0. The Kier molecular flexibility index (Phi) is 19.4. The average molecular weight is 607 g/mol. The highest BCUT2D eigenvalue weighted by Gasteiger charge is 2.10. The van der Waals surface area contributed by atoms with Crippen LogP contribution in [-0.4, -0.2) is 81.5 Å². The summed E-state index contributed by atoms with van der Waals surface area (Å²) >= 11 is 0. The molecule has 1 atom stereocenters. The largest absolute Gasteiger partial charge is 0.491 e. The lowest BCUT2D eigenvalue weighted by molar-refractivity contribution is -0.139. The van der Waals surface area contributed by atoms with Crippen LogP contribution in [-0.2, 0) is 35.0 Å². The SMILES string of the molecule is C=C(C)C(=O)OCCCCCNC(=O)OCCc1ccc(OCC(O)COC(=O)NCCCCCOC(=O)C(=C)C)cc1. The van der Waals surface area contributed by atoms with Crippen molar-refractivity contribution in [1.29, 1.82) is 0 Å². The second-order valence-electron chi connectivity index (χ2n) is 9.90. The lowest BCUT2D eigenvalue weighted by Crippen LogP contribution is -2.31. The highest BCUT2D eigenvalue weighted by atomic mass is 16.6. The number of esters is 2. The van der Waals surface area contributed by atoms with E-state index in [1.165, 1.54) is 0 Å². The maximum Gasteiger partial charge on any atom is 0.407 e. The third-order valence-corrected chi connectivity index (χ3v) is 5.74. The normalized spacial score (nSPS) is 11.0. The van der Waals surface area contributed by atoms with Crippen LogP contribution >= 0.6 is 0 Å². The third kappa shape index (κ3) is 19.6. The fourth-order valence-electron chi connectivity index (χ4n) is 3.29. The molecule has 0 radical (unpaired) electrons. The average Bonchev–Trinajstić information content (AvgIpc) is 2.98. The minimum atomic E-state index is -1.00. The van der Waals surface area contributed by atoms with E-state index in [1.807, 2.05) is 12.1 Å². The van der Waals surface area contributed by atoms with Crippen molar-refractivity contribution < 1.29 is 48.0 Å². The molecule has 1 rings (SSSR count). The molecular formula is C31H46N2O10. The van der Waals surface area contributed by atoms with Gasteiger partial charge in [-0.05, 0) is 70.1 Å². The van der Waals surface area contributed by atoms with Crippen LogP contribution in [0.2, 0.25) is 0 Å². The van der Waals surface area contributed by atoms with Crippen LogP contribution in [0.15, 0.2) is 48.6 Å². The Morgan fingerprint density at radius 1 is 0.698 bits per heavy atom. The van der Waals surface area contributed by atoms with Crippen molar-refractivity contribution >= 4 is 24.1 Å². The van der Waals surface area contributed by atoms with Gasteiger partial charge in [-0.2, -0.15) is 0 Å². The quantitative estimate of drug-likeness (QED) is 0.0762. The summed E-state index contributed by atoms with van der Waals surface area (Å²) < 4.78 is 25.7. The first-order valence-corrected chi connectivity index (χ1v) is 14.4. The number of unbranched alkanes of at least 4 members (excludes halogenated alkanes) is 4. The molecule has 1 aromatic carbocycles. The van der Waals surface area contributed by atoms with E-state index in [2.05, 4.69) is 23.8 Å². The van der Waals surface area contributed by atoms with Gasteiger partial charge in [-0.1, -0.05) is 25.3 Å². The molecule has 3 N–H and O–H groups in total. The molecule has 12 nitrogen and oxygen atoms in total. The Balaban J connectivity index is 2.06. The van der Waals surface area contributed by atoms with Gasteiger partial charge < -0.3 is 39.4 Å². The molecule has 2 amide bonds. The lowest BCUT2D eigenvalue weighted by atomic mass is 10.1. The van der Waals surface area contributed by atoms with Gasteiger partial charge in [-0.15, -0.1) is 0 Å².